The van der Waals surface area contributed by atoms with Gasteiger partial charge in [0.2, 0.25) is 0 Å². The Balaban J connectivity index is 0.00000348. The van der Waals surface area contributed by atoms with E-state index in [-0.39, 0.29) is 31.0 Å². The van der Waals surface area contributed by atoms with E-state index in [1.807, 2.05) is 103 Å². The molecule has 9 rings (SSSR count). The van der Waals surface area contributed by atoms with E-state index < -0.39 is 0 Å². The fourth-order valence-electron chi connectivity index (χ4n) is 6.60. The number of phenols is 2. The van der Waals surface area contributed by atoms with Crippen molar-refractivity contribution in [2.75, 3.05) is 0 Å². The van der Waals surface area contributed by atoms with Gasteiger partial charge >= 0.3 is 19.5 Å². The van der Waals surface area contributed by atoms with Crippen LogP contribution in [-0.4, -0.2) is 20.2 Å². The number of rotatable bonds is 3. The number of fused-ring (bicyclic) bond motifs is 9. The molecule has 0 unspecified atom stereocenters. The predicted molar refractivity (Wildman–Crippen MR) is 194 cm³/mol. The zero-order valence-corrected chi connectivity index (χ0v) is 29.2. The number of phenolic OH excluding ortho intramolecular Hbond substituents is 2. The van der Waals surface area contributed by atoms with Gasteiger partial charge in [-0.3, -0.25) is 0 Å². The maximum absolute atomic E-state index is 10.6. The van der Waals surface area contributed by atoms with Gasteiger partial charge in [0.05, 0.1) is 22.8 Å². The first kappa shape index (κ1) is 30.3. The number of aromatic hydroxyl groups is 2. The molecule has 0 amide bonds. The normalized spacial score (nSPS) is 11.9. The summed E-state index contributed by atoms with van der Waals surface area (Å²) in [6.07, 6.45) is 8.05. The second-order valence-electron chi connectivity index (χ2n) is 11.8. The van der Waals surface area contributed by atoms with Crippen LogP contribution in [-0.2, 0) is 19.5 Å². The van der Waals surface area contributed by atoms with E-state index in [9.17, 15) is 10.2 Å². The SMILES string of the molecule is Oc1ccc(-c2c3nc(c(-c4cccc5ccc(O)cc45)c4ccc([n-]4)c(-c4ccccc4)c4nc(cc5ccc2[n-]5)C=C4)C=C3)cc1.[Zn+2]. The molecule has 7 aromatic rings. The molecule has 8 bridgehead atoms. The summed E-state index contributed by atoms with van der Waals surface area (Å²) in [5.74, 6) is 0.373. The van der Waals surface area contributed by atoms with E-state index in [4.69, 9.17) is 19.9 Å². The topological polar surface area (TPSA) is 94.4 Å². The number of benzene rings is 4. The van der Waals surface area contributed by atoms with Crippen molar-refractivity contribution in [2.24, 2.45) is 0 Å². The molecule has 5 heterocycles. The molecule has 0 saturated carbocycles. The van der Waals surface area contributed by atoms with Gasteiger partial charge in [-0.1, -0.05) is 97.1 Å². The largest absolute Gasteiger partial charge is 2.00 e. The van der Waals surface area contributed by atoms with Crippen molar-refractivity contribution in [2.45, 2.75) is 0 Å². The van der Waals surface area contributed by atoms with Crippen molar-refractivity contribution in [3.05, 3.63) is 144 Å². The van der Waals surface area contributed by atoms with Crippen LogP contribution in [0.25, 0.3) is 90.5 Å². The fraction of sp³-hybridized carbons (Fsp3) is 0. The van der Waals surface area contributed by atoms with Crippen LogP contribution in [0.5, 0.6) is 11.5 Å². The molecule has 4 aromatic carbocycles. The predicted octanol–water partition coefficient (Wildman–Crippen LogP) is 9.48. The standard InChI is InChI=1S/C42H26N4O2.Zn/c47-30-14-10-27(11-15-30)41-35-18-13-29(44-35)23-28-12-17-34(43-28)40(26-5-2-1-3-6-26)36-19-21-38(45-36)42(39-22-20-37(41)46-39)32-8-4-7-25-9-16-31(48)24-33(25)32;/h1-24H,(H2-2,43,44,45,46,47,48);/q-2;+2. The van der Waals surface area contributed by atoms with E-state index in [0.29, 0.717) is 0 Å². The minimum absolute atomic E-state index is 0. The summed E-state index contributed by atoms with van der Waals surface area (Å²) in [5, 5.41) is 22.5. The molecule has 3 aromatic heterocycles. The van der Waals surface area contributed by atoms with Crippen LogP contribution in [0.3, 0.4) is 0 Å². The Kier molecular flexibility index (Phi) is 7.55. The van der Waals surface area contributed by atoms with Crippen LogP contribution in [0, 0.1) is 0 Å². The third-order valence-electron chi connectivity index (χ3n) is 8.79. The van der Waals surface area contributed by atoms with Crippen molar-refractivity contribution in [3.8, 4) is 44.9 Å². The van der Waals surface area contributed by atoms with Gasteiger partial charge in [-0.25, -0.2) is 9.97 Å². The van der Waals surface area contributed by atoms with Crippen LogP contribution in [0.2, 0.25) is 0 Å². The summed E-state index contributed by atoms with van der Waals surface area (Å²) in [7, 11) is 0. The van der Waals surface area contributed by atoms with Gasteiger partial charge in [0.15, 0.2) is 0 Å². The van der Waals surface area contributed by atoms with Gasteiger partial charge in [-0.2, -0.15) is 0 Å². The summed E-state index contributed by atoms with van der Waals surface area (Å²) in [6, 6.07) is 38.9. The van der Waals surface area contributed by atoms with Crippen molar-refractivity contribution in [3.63, 3.8) is 0 Å². The van der Waals surface area contributed by atoms with Crippen LogP contribution in [0.1, 0.15) is 22.8 Å². The Morgan fingerprint density at radius 1 is 0.469 bits per heavy atom. The van der Waals surface area contributed by atoms with Gasteiger partial charge < -0.3 is 20.2 Å². The Hall–Kier alpha value is -6.04. The van der Waals surface area contributed by atoms with Gasteiger partial charge in [0, 0.05) is 0 Å². The Bertz CT molecular complexity index is 2640. The first-order chi connectivity index (χ1) is 23.6. The summed E-state index contributed by atoms with van der Waals surface area (Å²) in [5.41, 5.74) is 11.6. The summed E-state index contributed by atoms with van der Waals surface area (Å²) in [4.78, 5) is 20.6. The zero-order valence-electron chi connectivity index (χ0n) is 26.2. The van der Waals surface area contributed by atoms with Gasteiger partial charge in [-0.05, 0) is 92.7 Å². The molecule has 0 saturated heterocycles. The first-order valence-electron chi connectivity index (χ1n) is 15.7. The first-order valence-corrected chi connectivity index (χ1v) is 15.7. The zero-order chi connectivity index (χ0) is 32.2. The summed E-state index contributed by atoms with van der Waals surface area (Å²) < 4.78 is 0. The molecule has 7 heteroatoms. The molecule has 2 aliphatic rings. The monoisotopic (exact) mass is 682 g/mol. The van der Waals surface area contributed by atoms with Crippen LogP contribution in [0.15, 0.2) is 121 Å². The van der Waals surface area contributed by atoms with E-state index in [2.05, 4.69) is 18.2 Å². The third-order valence-corrected chi connectivity index (χ3v) is 8.79. The van der Waals surface area contributed by atoms with E-state index in [1.54, 1.807) is 24.3 Å². The minimum atomic E-state index is 0. The average Bonchev–Trinajstić information content (AvgIpc) is 3.94. The number of aromatic nitrogens is 4. The number of hydrogen-bond acceptors (Lipinski definition) is 4. The van der Waals surface area contributed by atoms with Crippen LogP contribution < -0.4 is 9.97 Å². The maximum Gasteiger partial charge on any atom is 2.00 e. The molecular formula is C42H26N4O2Zn. The molecule has 0 spiro atoms. The molecule has 2 N–H and O–H groups in total. The third kappa shape index (κ3) is 5.44. The molecule has 0 radical (unpaired) electrons. The van der Waals surface area contributed by atoms with Gasteiger partial charge in [0.1, 0.15) is 11.5 Å². The molecular weight excluding hydrogens is 658 g/mol. The molecule has 49 heavy (non-hydrogen) atoms. The van der Waals surface area contributed by atoms with E-state index in [1.165, 1.54) is 0 Å². The van der Waals surface area contributed by atoms with Crippen molar-refractivity contribution < 1.29 is 29.7 Å². The van der Waals surface area contributed by atoms with Crippen molar-refractivity contribution in [1.82, 2.24) is 19.9 Å². The van der Waals surface area contributed by atoms with Gasteiger partial charge in [0.25, 0.3) is 0 Å². The second-order valence-corrected chi connectivity index (χ2v) is 11.8. The van der Waals surface area contributed by atoms with Crippen LogP contribution in [0.4, 0.5) is 0 Å². The number of nitrogens with zero attached hydrogens (tertiary/aromatic N) is 4. The summed E-state index contributed by atoms with van der Waals surface area (Å²) in [6.45, 7) is 0. The molecule has 6 nitrogen and oxygen atoms in total. The molecule has 0 fully saturated rings. The average molecular weight is 684 g/mol. The Labute approximate surface area is 294 Å². The molecule has 0 aliphatic carbocycles. The Morgan fingerprint density at radius 3 is 1.90 bits per heavy atom. The number of hydrogen-bond donors (Lipinski definition) is 2. The second kappa shape index (κ2) is 12.2. The maximum atomic E-state index is 10.6. The molecule has 0 atom stereocenters. The minimum Gasteiger partial charge on any atom is -0.657 e. The van der Waals surface area contributed by atoms with E-state index in [0.717, 1.165) is 89.0 Å². The quantitative estimate of drug-likeness (QED) is 0.180. The fourth-order valence-corrected chi connectivity index (χ4v) is 6.60. The van der Waals surface area contributed by atoms with Crippen LogP contribution >= 0.6 is 0 Å². The van der Waals surface area contributed by atoms with E-state index >= 15 is 0 Å². The van der Waals surface area contributed by atoms with Crippen molar-refractivity contribution in [1.29, 1.82) is 0 Å². The summed E-state index contributed by atoms with van der Waals surface area (Å²) >= 11 is 0. The van der Waals surface area contributed by atoms with Crippen molar-refractivity contribution >= 4 is 57.1 Å². The molecule has 2 aliphatic heterocycles. The van der Waals surface area contributed by atoms with Gasteiger partial charge in [-0.15, -0.1) is 22.1 Å². The molecule has 228 valence electrons. The Morgan fingerprint density at radius 2 is 1.10 bits per heavy atom. The smallest absolute Gasteiger partial charge is 0.657 e.